The molecular formula is C18H21F2N3O3. The molecule has 1 aliphatic heterocycles. The first-order chi connectivity index (χ1) is 12.5. The van der Waals surface area contributed by atoms with Crippen LogP contribution in [0.5, 0.6) is 0 Å². The van der Waals surface area contributed by atoms with Crippen molar-refractivity contribution in [3.63, 3.8) is 0 Å². The van der Waals surface area contributed by atoms with Crippen molar-refractivity contribution in [1.29, 1.82) is 0 Å². The molecule has 2 aliphatic rings. The lowest BCUT2D eigenvalue weighted by Gasteiger charge is -2.39. The molecule has 0 aromatic heterocycles. The number of benzene rings is 1. The molecule has 1 aromatic rings. The molecular weight excluding hydrogens is 344 g/mol. The highest BCUT2D eigenvalue weighted by atomic mass is 19.2. The number of hydrogen-bond donors (Lipinski definition) is 1. The zero-order valence-electron chi connectivity index (χ0n) is 14.3. The van der Waals surface area contributed by atoms with E-state index < -0.39 is 29.4 Å². The van der Waals surface area contributed by atoms with Gasteiger partial charge in [-0.2, -0.15) is 0 Å². The molecule has 0 atom stereocenters. The predicted molar refractivity (Wildman–Crippen MR) is 90.2 cm³/mol. The lowest BCUT2D eigenvalue weighted by molar-refractivity contribution is -0.158. The summed E-state index contributed by atoms with van der Waals surface area (Å²) in [4.78, 5) is 39.6. The Morgan fingerprint density at radius 2 is 1.77 bits per heavy atom. The van der Waals surface area contributed by atoms with E-state index in [1.807, 2.05) is 0 Å². The fourth-order valence-corrected chi connectivity index (χ4v) is 3.53. The second-order valence-corrected chi connectivity index (χ2v) is 6.69. The molecule has 1 aromatic carbocycles. The number of halogens is 2. The van der Waals surface area contributed by atoms with Gasteiger partial charge in [0.25, 0.3) is 0 Å². The molecule has 0 radical (unpaired) electrons. The highest BCUT2D eigenvalue weighted by Gasteiger charge is 2.37. The molecule has 3 amide bonds. The number of carbonyl (C=O) groups is 3. The summed E-state index contributed by atoms with van der Waals surface area (Å²) in [6.07, 6.45) is 5.10. The van der Waals surface area contributed by atoms with Crippen LogP contribution in [0.1, 0.15) is 32.1 Å². The Morgan fingerprint density at radius 3 is 2.46 bits per heavy atom. The maximum absolute atomic E-state index is 13.2. The van der Waals surface area contributed by atoms with Gasteiger partial charge in [0.15, 0.2) is 11.6 Å². The monoisotopic (exact) mass is 365 g/mol. The van der Waals surface area contributed by atoms with Crippen LogP contribution in [0.3, 0.4) is 0 Å². The fraction of sp³-hybridized carbons (Fsp3) is 0.500. The normalized spacial score (nSPS) is 19.0. The van der Waals surface area contributed by atoms with Gasteiger partial charge < -0.3 is 15.1 Å². The Hall–Kier alpha value is -2.51. The largest absolute Gasteiger partial charge is 0.330 e. The summed E-state index contributed by atoms with van der Waals surface area (Å²) >= 11 is 0. The average molecular weight is 365 g/mol. The van der Waals surface area contributed by atoms with E-state index >= 15 is 0 Å². The predicted octanol–water partition coefficient (Wildman–Crippen LogP) is 1.91. The molecule has 1 saturated heterocycles. The van der Waals surface area contributed by atoms with Gasteiger partial charge in [-0.1, -0.05) is 19.3 Å². The van der Waals surface area contributed by atoms with Crippen LogP contribution in [-0.4, -0.2) is 53.2 Å². The molecule has 0 unspecified atom stereocenters. The highest BCUT2D eigenvalue weighted by molar-refractivity contribution is 6.35. The van der Waals surface area contributed by atoms with E-state index in [0.29, 0.717) is 6.54 Å². The van der Waals surface area contributed by atoms with Crippen molar-refractivity contribution in [3.8, 4) is 0 Å². The third-order valence-corrected chi connectivity index (χ3v) is 4.90. The van der Waals surface area contributed by atoms with Gasteiger partial charge in [-0.3, -0.25) is 14.4 Å². The van der Waals surface area contributed by atoms with E-state index in [9.17, 15) is 23.2 Å². The maximum atomic E-state index is 13.2. The number of anilines is 1. The Balaban J connectivity index is 1.56. The van der Waals surface area contributed by atoms with Gasteiger partial charge in [0.1, 0.15) is 6.54 Å². The number of nitrogens with zero attached hydrogens (tertiary/aromatic N) is 2. The number of carbonyl (C=O) groups excluding carboxylic acids is 3. The van der Waals surface area contributed by atoms with Crippen LogP contribution in [0.15, 0.2) is 18.2 Å². The first-order valence-electron chi connectivity index (χ1n) is 8.80. The fourth-order valence-electron chi connectivity index (χ4n) is 3.53. The van der Waals surface area contributed by atoms with E-state index in [4.69, 9.17) is 0 Å². The lowest BCUT2D eigenvalue weighted by Crippen LogP contribution is -2.58. The number of nitrogens with one attached hydrogen (secondary N) is 1. The molecule has 140 valence electrons. The van der Waals surface area contributed by atoms with Crippen molar-refractivity contribution in [2.24, 2.45) is 0 Å². The van der Waals surface area contributed by atoms with Crippen molar-refractivity contribution >= 4 is 23.4 Å². The Labute approximate surface area is 150 Å². The van der Waals surface area contributed by atoms with E-state index in [1.165, 1.54) is 11.0 Å². The van der Waals surface area contributed by atoms with Gasteiger partial charge in [-0.25, -0.2) is 8.78 Å². The van der Waals surface area contributed by atoms with Gasteiger partial charge >= 0.3 is 11.8 Å². The number of hydrogen-bond acceptors (Lipinski definition) is 3. The second kappa shape index (κ2) is 7.80. The van der Waals surface area contributed by atoms with E-state index in [1.54, 1.807) is 4.90 Å². The van der Waals surface area contributed by atoms with Crippen LogP contribution >= 0.6 is 0 Å². The minimum Gasteiger partial charge on any atom is -0.330 e. The van der Waals surface area contributed by atoms with E-state index in [2.05, 4.69) is 5.32 Å². The zero-order valence-corrected chi connectivity index (χ0v) is 14.3. The van der Waals surface area contributed by atoms with Crippen LogP contribution in [0, 0.1) is 11.6 Å². The molecule has 0 bridgehead atoms. The molecule has 1 N–H and O–H groups in total. The van der Waals surface area contributed by atoms with Crippen molar-refractivity contribution in [2.45, 2.75) is 38.1 Å². The number of rotatable bonds is 4. The Bertz CT molecular complexity index is 720. The highest BCUT2D eigenvalue weighted by Crippen LogP contribution is 2.24. The number of amides is 3. The lowest BCUT2D eigenvalue weighted by atomic mass is 9.93. The van der Waals surface area contributed by atoms with Crippen molar-refractivity contribution in [3.05, 3.63) is 29.8 Å². The topological polar surface area (TPSA) is 69.7 Å². The maximum Gasteiger partial charge on any atom is 0.312 e. The average Bonchev–Trinajstić information content (AvgIpc) is 2.63. The smallest absolute Gasteiger partial charge is 0.312 e. The summed E-state index contributed by atoms with van der Waals surface area (Å²) in [5.74, 6) is -3.91. The molecule has 26 heavy (non-hydrogen) atoms. The van der Waals surface area contributed by atoms with Gasteiger partial charge in [-0.15, -0.1) is 0 Å². The molecule has 6 nitrogen and oxygen atoms in total. The van der Waals surface area contributed by atoms with Crippen LogP contribution in [-0.2, 0) is 14.4 Å². The van der Waals surface area contributed by atoms with Crippen LogP contribution < -0.4 is 5.32 Å². The summed E-state index contributed by atoms with van der Waals surface area (Å²) in [5.41, 5.74) is 0.0912. The summed E-state index contributed by atoms with van der Waals surface area (Å²) in [6.45, 7) is 0.391. The molecule has 0 spiro atoms. The Kier molecular flexibility index (Phi) is 5.49. The standard InChI is InChI=1S/C18H21F2N3O3/c19-14-7-6-12(10-15(14)20)21-16(24)11-22-8-9-23(18(26)17(22)25)13-4-2-1-3-5-13/h6-7,10,13H,1-5,8-9,11H2,(H,21,24). The van der Waals surface area contributed by atoms with Gasteiger partial charge in [0, 0.05) is 30.9 Å². The van der Waals surface area contributed by atoms with Crippen LogP contribution in [0.4, 0.5) is 14.5 Å². The van der Waals surface area contributed by atoms with Crippen LogP contribution in [0.25, 0.3) is 0 Å². The third-order valence-electron chi connectivity index (χ3n) is 4.90. The quantitative estimate of drug-likeness (QED) is 0.829. The zero-order chi connectivity index (χ0) is 18.7. The van der Waals surface area contributed by atoms with E-state index in [-0.39, 0.29) is 24.8 Å². The number of piperazine rings is 1. The summed E-state index contributed by atoms with van der Waals surface area (Å²) in [7, 11) is 0. The Morgan fingerprint density at radius 1 is 1.04 bits per heavy atom. The summed E-state index contributed by atoms with van der Waals surface area (Å²) in [6, 6.07) is 3.10. The van der Waals surface area contributed by atoms with Crippen molar-refractivity contribution in [2.75, 3.05) is 25.0 Å². The third kappa shape index (κ3) is 4.00. The minimum absolute atomic E-state index is 0.0912. The van der Waals surface area contributed by atoms with E-state index in [0.717, 1.165) is 44.2 Å². The van der Waals surface area contributed by atoms with Crippen molar-refractivity contribution in [1.82, 2.24) is 9.80 Å². The first kappa shape index (κ1) is 18.3. The SMILES string of the molecule is O=C(CN1CCN(C2CCCCC2)C(=O)C1=O)Nc1ccc(F)c(F)c1. The van der Waals surface area contributed by atoms with Gasteiger partial charge in [0.2, 0.25) is 5.91 Å². The molecule has 1 aliphatic carbocycles. The molecule has 2 fully saturated rings. The second-order valence-electron chi connectivity index (χ2n) is 6.69. The van der Waals surface area contributed by atoms with Crippen molar-refractivity contribution < 1.29 is 23.2 Å². The molecule has 1 heterocycles. The summed E-state index contributed by atoms with van der Waals surface area (Å²) in [5, 5.41) is 2.40. The van der Waals surface area contributed by atoms with Gasteiger partial charge in [0.05, 0.1) is 0 Å². The minimum atomic E-state index is -1.07. The van der Waals surface area contributed by atoms with Gasteiger partial charge in [-0.05, 0) is 25.0 Å². The molecule has 3 rings (SSSR count). The first-order valence-corrected chi connectivity index (χ1v) is 8.80. The summed E-state index contributed by atoms with van der Waals surface area (Å²) < 4.78 is 26.1. The van der Waals surface area contributed by atoms with Crippen LogP contribution in [0.2, 0.25) is 0 Å². The molecule has 8 heteroatoms. The molecule has 1 saturated carbocycles.